The minimum atomic E-state index is 0.415. The lowest BCUT2D eigenvalue weighted by molar-refractivity contribution is -0.132. The van der Waals surface area contributed by atoms with E-state index in [2.05, 4.69) is 59.1 Å². The molecule has 0 unspecified atom stereocenters. The zero-order valence-corrected chi connectivity index (χ0v) is 55.4. The van der Waals surface area contributed by atoms with Gasteiger partial charge < -0.3 is 9.80 Å². The van der Waals surface area contributed by atoms with Gasteiger partial charge in [0.15, 0.2) is 0 Å². The van der Waals surface area contributed by atoms with Gasteiger partial charge in [-0.2, -0.15) is 0 Å². The van der Waals surface area contributed by atoms with Crippen LogP contribution < -0.4 is 0 Å². The fraction of sp³-hybridized carbons (Fsp3) is 0.986. The quantitative estimate of drug-likeness (QED) is 0.0567. The van der Waals surface area contributed by atoms with Gasteiger partial charge in [0.05, 0.1) is 6.54 Å². The lowest BCUT2D eigenvalue weighted by Gasteiger charge is -2.37. The molecule has 1 aliphatic heterocycles. The number of rotatable bonds is 63. The van der Waals surface area contributed by atoms with E-state index in [1.54, 1.807) is 0 Å². The summed E-state index contributed by atoms with van der Waals surface area (Å²) in [5.74, 6) is 0.415. The molecule has 0 N–H and O–H groups in total. The molecule has 0 atom stereocenters. The van der Waals surface area contributed by atoms with Crippen LogP contribution >= 0.6 is 0 Å². The van der Waals surface area contributed by atoms with E-state index in [0.717, 1.165) is 45.8 Å². The topological polar surface area (TPSA) is 33.3 Å². The van der Waals surface area contributed by atoms with Crippen molar-refractivity contribution in [3.8, 4) is 0 Å². The average Bonchev–Trinajstić information content (AvgIpc) is 3.46. The molecule has 6 heteroatoms. The van der Waals surface area contributed by atoms with Gasteiger partial charge in [-0.15, -0.1) is 0 Å². The highest BCUT2D eigenvalue weighted by Gasteiger charge is 2.22. The van der Waals surface area contributed by atoms with Crippen molar-refractivity contribution >= 4 is 5.91 Å². The maximum atomic E-state index is 14.5. The molecule has 0 aromatic rings. The molecule has 1 aliphatic rings. The summed E-state index contributed by atoms with van der Waals surface area (Å²) in [7, 11) is 0. The highest BCUT2D eigenvalue weighted by atomic mass is 16.2. The number of amides is 1. The molecule has 0 aromatic heterocycles. The number of hydrogen-bond donors (Lipinski definition) is 0. The highest BCUT2D eigenvalue weighted by molar-refractivity contribution is 5.78. The Morgan fingerprint density at radius 2 is 0.462 bits per heavy atom. The number of hydrogen-bond acceptors (Lipinski definition) is 5. The molecule has 0 spiro atoms. The van der Waals surface area contributed by atoms with Crippen LogP contribution in [-0.2, 0) is 4.79 Å². The number of carbonyl (C=O) groups is 1. The Morgan fingerprint density at radius 3 is 0.718 bits per heavy atom. The van der Waals surface area contributed by atoms with Crippen molar-refractivity contribution in [2.45, 2.75) is 370 Å². The molecular formula is C72H149N5O. The van der Waals surface area contributed by atoms with Gasteiger partial charge in [0.25, 0.3) is 0 Å². The third-order valence-electron chi connectivity index (χ3n) is 17.7. The second kappa shape index (κ2) is 65.5. The monoisotopic (exact) mass is 1100 g/mol. The van der Waals surface area contributed by atoms with Crippen molar-refractivity contribution in [1.82, 2.24) is 24.5 Å². The highest BCUT2D eigenvalue weighted by Crippen LogP contribution is 2.17. The van der Waals surface area contributed by atoms with Crippen molar-refractivity contribution in [3.05, 3.63) is 0 Å². The summed E-state index contributed by atoms with van der Waals surface area (Å²) in [6.45, 7) is 31.1. The van der Waals surface area contributed by atoms with E-state index in [1.807, 2.05) is 13.8 Å². The molecule has 6 nitrogen and oxygen atoms in total. The molecule has 0 radical (unpaired) electrons. The average molecular weight is 1100 g/mol. The molecule has 78 heavy (non-hydrogen) atoms. The standard InChI is InChI=1S/C70H143N5O.C2H6/c1-6-11-16-21-26-31-36-41-46-51-56-71(57-52-47-42-37-32-27-22-17-12-7-2)61-62-72-63-65-73(66-64-72)67-68-75(60-55-50-45-40-35-30-25-20-15-10-5)70(76)69-74(58-53-48-43-38-33-28-23-18-13-8-3)59-54-49-44-39-34-29-24-19-14-9-4;1-2/h6-69H2,1-5H3;1-2H3. The van der Waals surface area contributed by atoms with Crippen LogP contribution in [0.1, 0.15) is 370 Å². The summed E-state index contributed by atoms with van der Waals surface area (Å²) in [4.78, 5) is 27.8. The van der Waals surface area contributed by atoms with Gasteiger partial charge in [-0.1, -0.05) is 337 Å². The Hall–Kier alpha value is -0.690. The van der Waals surface area contributed by atoms with E-state index in [4.69, 9.17) is 0 Å². The van der Waals surface area contributed by atoms with Crippen LogP contribution in [0.25, 0.3) is 0 Å². The molecule has 1 heterocycles. The molecule has 1 fully saturated rings. The van der Waals surface area contributed by atoms with Crippen LogP contribution in [0, 0.1) is 0 Å². The van der Waals surface area contributed by atoms with Crippen molar-refractivity contribution < 1.29 is 4.79 Å². The second-order valence-electron chi connectivity index (χ2n) is 25.1. The zero-order chi connectivity index (χ0) is 56.7. The van der Waals surface area contributed by atoms with Gasteiger partial charge in [0.2, 0.25) is 5.91 Å². The lowest BCUT2D eigenvalue weighted by Crippen LogP contribution is -2.51. The van der Waals surface area contributed by atoms with Crippen molar-refractivity contribution in [2.24, 2.45) is 0 Å². The van der Waals surface area contributed by atoms with Crippen molar-refractivity contribution in [1.29, 1.82) is 0 Å². The first-order valence-corrected chi connectivity index (χ1v) is 36.7. The predicted molar refractivity (Wildman–Crippen MR) is 353 cm³/mol. The summed E-state index contributed by atoms with van der Waals surface area (Å²) >= 11 is 0. The molecule has 1 amide bonds. The molecule has 1 rings (SSSR count). The van der Waals surface area contributed by atoms with Crippen molar-refractivity contribution in [2.75, 3.05) is 91.6 Å². The van der Waals surface area contributed by atoms with E-state index in [0.29, 0.717) is 12.5 Å². The van der Waals surface area contributed by atoms with Crippen LogP contribution in [-0.4, -0.2) is 122 Å². The second-order valence-corrected chi connectivity index (χ2v) is 25.1. The number of nitrogens with zero attached hydrogens (tertiary/aromatic N) is 5. The third kappa shape index (κ3) is 54.6. The van der Waals surface area contributed by atoms with Gasteiger partial charge in [0, 0.05) is 58.9 Å². The Balaban J connectivity index is 0.0000293. The van der Waals surface area contributed by atoms with E-state index in [1.165, 1.54) is 360 Å². The first-order chi connectivity index (χ1) is 38.6. The van der Waals surface area contributed by atoms with E-state index in [-0.39, 0.29) is 0 Å². The predicted octanol–water partition coefficient (Wildman–Crippen LogP) is 21.7. The summed E-state index contributed by atoms with van der Waals surface area (Å²) in [6, 6.07) is 0. The Kier molecular flexibility index (Phi) is 64.9. The van der Waals surface area contributed by atoms with Gasteiger partial charge in [-0.05, 0) is 58.3 Å². The Bertz CT molecular complexity index is 1060. The molecule has 468 valence electrons. The largest absolute Gasteiger partial charge is 0.340 e. The van der Waals surface area contributed by atoms with E-state index in [9.17, 15) is 4.79 Å². The Labute approximate surface area is 494 Å². The number of piperazine rings is 1. The Morgan fingerprint density at radius 1 is 0.256 bits per heavy atom. The minimum Gasteiger partial charge on any atom is -0.340 e. The normalized spacial score (nSPS) is 13.3. The molecule has 0 bridgehead atoms. The van der Waals surface area contributed by atoms with Crippen LogP contribution in [0.3, 0.4) is 0 Å². The maximum Gasteiger partial charge on any atom is 0.236 e. The maximum absolute atomic E-state index is 14.5. The third-order valence-corrected chi connectivity index (χ3v) is 17.7. The minimum absolute atomic E-state index is 0.415. The van der Waals surface area contributed by atoms with E-state index >= 15 is 0 Å². The first kappa shape index (κ1) is 77.3. The van der Waals surface area contributed by atoms with Crippen LogP contribution in [0.5, 0.6) is 0 Å². The summed E-state index contributed by atoms with van der Waals surface area (Å²) < 4.78 is 0. The number of unbranched alkanes of at least 4 members (excludes halogenated alkanes) is 45. The van der Waals surface area contributed by atoms with Gasteiger partial charge in [-0.3, -0.25) is 19.5 Å². The van der Waals surface area contributed by atoms with Gasteiger partial charge in [0.1, 0.15) is 0 Å². The summed E-state index contributed by atoms with van der Waals surface area (Å²) in [5, 5.41) is 0. The molecule has 1 saturated heterocycles. The van der Waals surface area contributed by atoms with Crippen LogP contribution in [0.2, 0.25) is 0 Å². The SMILES string of the molecule is CC.CCCCCCCCCCCCN(CCCCCCCCCCCC)CCN1CCN(CCN(CCCCCCCCCCCC)C(=O)CN(CCCCCCCCCCCC)CCCCCCCCCCCC)CC1. The zero-order valence-electron chi connectivity index (χ0n) is 55.4. The molecule has 0 saturated carbocycles. The fourth-order valence-corrected chi connectivity index (χ4v) is 12.1. The van der Waals surface area contributed by atoms with Gasteiger partial charge in [-0.25, -0.2) is 0 Å². The van der Waals surface area contributed by atoms with Crippen molar-refractivity contribution in [3.63, 3.8) is 0 Å². The molecule has 0 aliphatic carbocycles. The van der Waals surface area contributed by atoms with Gasteiger partial charge >= 0.3 is 0 Å². The number of carbonyl (C=O) groups excluding carboxylic acids is 1. The molecular weight excluding hydrogens is 951 g/mol. The lowest BCUT2D eigenvalue weighted by atomic mass is 10.1. The fourth-order valence-electron chi connectivity index (χ4n) is 12.1. The van der Waals surface area contributed by atoms with Crippen LogP contribution in [0.4, 0.5) is 0 Å². The summed E-state index contributed by atoms with van der Waals surface area (Å²) in [5.41, 5.74) is 0. The summed E-state index contributed by atoms with van der Waals surface area (Å²) in [6.07, 6.45) is 69.4. The first-order valence-electron chi connectivity index (χ1n) is 36.7. The molecule has 0 aromatic carbocycles. The van der Waals surface area contributed by atoms with Crippen LogP contribution in [0.15, 0.2) is 0 Å². The van der Waals surface area contributed by atoms with E-state index < -0.39 is 0 Å². The smallest absolute Gasteiger partial charge is 0.236 e.